The van der Waals surface area contributed by atoms with Crippen LogP contribution in [0.4, 0.5) is 0 Å². The van der Waals surface area contributed by atoms with Crippen molar-refractivity contribution in [2.75, 3.05) is 0 Å². The van der Waals surface area contributed by atoms with E-state index in [1.807, 2.05) is 0 Å². The molecule has 28 heavy (non-hydrogen) atoms. The molecule has 1 aliphatic carbocycles. The second-order valence-electron chi connectivity index (χ2n) is 7.53. The van der Waals surface area contributed by atoms with Crippen LogP contribution in [0.2, 0.25) is 0 Å². The van der Waals surface area contributed by atoms with Crippen LogP contribution in [0.1, 0.15) is 35.4 Å². The van der Waals surface area contributed by atoms with Gasteiger partial charge in [0.05, 0.1) is 0 Å². The molecule has 5 rings (SSSR count). The topological polar surface area (TPSA) is 22.1 Å². The lowest BCUT2D eigenvalue weighted by atomic mass is 9.95. The van der Waals surface area contributed by atoms with Crippen molar-refractivity contribution in [3.63, 3.8) is 0 Å². The zero-order chi connectivity index (χ0) is 18.9. The van der Waals surface area contributed by atoms with E-state index in [0.29, 0.717) is 6.61 Å². The summed E-state index contributed by atoms with van der Waals surface area (Å²) in [6.07, 6.45) is 4.64. The van der Waals surface area contributed by atoms with Gasteiger partial charge in [0.1, 0.15) is 12.4 Å². The molecule has 0 atom stereocenters. The van der Waals surface area contributed by atoms with E-state index in [1.54, 1.807) is 11.3 Å². The molecule has 0 bridgehead atoms. The fraction of sp³-hybridized carbons (Fsp3) is 0.240. The zero-order valence-corrected chi connectivity index (χ0v) is 16.9. The minimum atomic E-state index is 0.598. The van der Waals surface area contributed by atoms with Gasteiger partial charge in [0, 0.05) is 38.7 Å². The summed E-state index contributed by atoms with van der Waals surface area (Å²) in [6.45, 7) is 2.66. The highest BCUT2D eigenvalue weighted by molar-refractivity contribution is 7.17. The normalized spacial score (nSPS) is 13.5. The van der Waals surface area contributed by atoms with E-state index < -0.39 is 0 Å². The fourth-order valence-electron chi connectivity index (χ4n) is 4.07. The number of thiophene rings is 1. The molecule has 4 aromatic rings. The van der Waals surface area contributed by atoms with Crippen molar-refractivity contribution >= 4 is 21.4 Å². The lowest BCUT2D eigenvalue weighted by molar-refractivity contribution is 0.300. The lowest BCUT2D eigenvalue weighted by Gasteiger charge is -2.19. The first-order valence-electron chi connectivity index (χ1n) is 9.96. The van der Waals surface area contributed by atoms with Gasteiger partial charge in [-0.3, -0.25) is 4.98 Å². The Morgan fingerprint density at radius 2 is 1.82 bits per heavy atom. The standard InChI is InChI=1S/C25H23NOS/c1-17-14-24(21-7-2-4-8-23(21)26-17)27-15-18-10-12-19(13-11-18)22-16-28-25-9-5-3-6-20(22)25/h3,5-6,9-14,16H,2,4,7-8,15H2,1H3. The summed E-state index contributed by atoms with van der Waals surface area (Å²) in [5, 5.41) is 3.58. The first kappa shape index (κ1) is 17.4. The maximum absolute atomic E-state index is 6.23. The van der Waals surface area contributed by atoms with E-state index in [9.17, 15) is 0 Å². The molecule has 3 heteroatoms. The second kappa shape index (κ2) is 7.40. The van der Waals surface area contributed by atoms with Gasteiger partial charge in [-0.15, -0.1) is 11.3 Å². The minimum absolute atomic E-state index is 0.598. The average Bonchev–Trinajstić information content (AvgIpc) is 3.16. The number of ether oxygens (including phenoxy) is 1. The van der Waals surface area contributed by atoms with Gasteiger partial charge in [-0.05, 0) is 55.2 Å². The van der Waals surface area contributed by atoms with Crippen LogP contribution in [0.25, 0.3) is 21.2 Å². The van der Waals surface area contributed by atoms with Crippen LogP contribution < -0.4 is 4.74 Å². The number of fused-ring (bicyclic) bond motifs is 2. The van der Waals surface area contributed by atoms with Gasteiger partial charge in [-0.2, -0.15) is 0 Å². The lowest BCUT2D eigenvalue weighted by Crippen LogP contribution is -2.09. The molecule has 2 aromatic heterocycles. The second-order valence-corrected chi connectivity index (χ2v) is 8.44. The van der Waals surface area contributed by atoms with Crippen LogP contribution in [-0.2, 0) is 19.4 Å². The van der Waals surface area contributed by atoms with Crippen LogP contribution in [0.3, 0.4) is 0 Å². The molecule has 0 spiro atoms. The third-order valence-electron chi connectivity index (χ3n) is 5.53. The highest BCUT2D eigenvalue weighted by atomic mass is 32.1. The van der Waals surface area contributed by atoms with Gasteiger partial charge >= 0.3 is 0 Å². The summed E-state index contributed by atoms with van der Waals surface area (Å²) in [4.78, 5) is 4.72. The number of benzene rings is 2. The van der Waals surface area contributed by atoms with Crippen LogP contribution in [-0.4, -0.2) is 4.98 Å². The highest BCUT2D eigenvalue weighted by Gasteiger charge is 2.16. The van der Waals surface area contributed by atoms with Crippen LogP contribution in [0.5, 0.6) is 5.75 Å². The summed E-state index contributed by atoms with van der Waals surface area (Å²) in [5.41, 5.74) is 7.38. The minimum Gasteiger partial charge on any atom is -0.488 e. The monoisotopic (exact) mass is 385 g/mol. The molecule has 1 aliphatic rings. The van der Waals surface area contributed by atoms with E-state index >= 15 is 0 Å². The maximum atomic E-state index is 6.23. The van der Waals surface area contributed by atoms with Gasteiger partial charge in [-0.1, -0.05) is 42.5 Å². The predicted octanol–water partition coefficient (Wildman–Crippen LogP) is 6.73. The molecule has 0 fully saturated rings. The number of aromatic nitrogens is 1. The fourth-order valence-corrected chi connectivity index (χ4v) is 5.04. The van der Waals surface area contributed by atoms with Crippen molar-refractivity contribution < 1.29 is 4.74 Å². The van der Waals surface area contributed by atoms with Gasteiger partial charge < -0.3 is 4.74 Å². The number of hydrogen-bond donors (Lipinski definition) is 0. The predicted molar refractivity (Wildman–Crippen MR) is 117 cm³/mol. The smallest absolute Gasteiger partial charge is 0.126 e. The van der Waals surface area contributed by atoms with Gasteiger partial charge in [-0.25, -0.2) is 0 Å². The van der Waals surface area contributed by atoms with E-state index in [-0.39, 0.29) is 0 Å². The van der Waals surface area contributed by atoms with Crippen molar-refractivity contribution in [3.8, 4) is 16.9 Å². The molecule has 0 amide bonds. The number of rotatable bonds is 4. The van der Waals surface area contributed by atoms with E-state index in [4.69, 9.17) is 9.72 Å². The maximum Gasteiger partial charge on any atom is 0.126 e. The molecule has 0 N–H and O–H groups in total. The number of pyridine rings is 1. The number of hydrogen-bond acceptors (Lipinski definition) is 3. The van der Waals surface area contributed by atoms with Crippen molar-refractivity contribution in [1.29, 1.82) is 0 Å². The molecule has 140 valence electrons. The Kier molecular flexibility index (Phi) is 4.61. The Balaban J connectivity index is 1.36. The summed E-state index contributed by atoms with van der Waals surface area (Å²) in [5.74, 6) is 1.02. The van der Waals surface area contributed by atoms with Gasteiger partial charge in [0.15, 0.2) is 0 Å². The van der Waals surface area contributed by atoms with E-state index in [0.717, 1.165) is 24.3 Å². The average molecular weight is 386 g/mol. The highest BCUT2D eigenvalue weighted by Crippen LogP contribution is 2.34. The van der Waals surface area contributed by atoms with E-state index in [2.05, 4.69) is 66.9 Å². The number of nitrogens with zero attached hydrogens (tertiary/aromatic N) is 1. The first-order valence-corrected chi connectivity index (χ1v) is 10.8. The molecule has 0 radical (unpaired) electrons. The molecule has 2 nitrogen and oxygen atoms in total. The quantitative estimate of drug-likeness (QED) is 0.388. The Morgan fingerprint density at radius 1 is 1.00 bits per heavy atom. The third kappa shape index (κ3) is 3.31. The van der Waals surface area contributed by atoms with Crippen molar-refractivity contribution in [2.45, 2.75) is 39.2 Å². The Labute approximate surface area is 169 Å². The van der Waals surface area contributed by atoms with Gasteiger partial charge in [0.2, 0.25) is 0 Å². The van der Waals surface area contributed by atoms with Crippen molar-refractivity contribution in [1.82, 2.24) is 4.98 Å². The summed E-state index contributed by atoms with van der Waals surface area (Å²) in [7, 11) is 0. The molecule has 0 unspecified atom stereocenters. The molecule has 2 heterocycles. The van der Waals surface area contributed by atoms with Crippen molar-refractivity contribution in [3.05, 3.63) is 82.5 Å². The third-order valence-corrected chi connectivity index (χ3v) is 6.49. The molecule has 2 aromatic carbocycles. The molecule has 0 saturated heterocycles. The van der Waals surface area contributed by atoms with E-state index in [1.165, 1.54) is 50.9 Å². The SMILES string of the molecule is Cc1cc(OCc2ccc(-c3csc4ccccc34)cc2)c2c(n1)CCCC2. The molecule has 0 aliphatic heterocycles. The number of aryl methyl sites for hydroxylation is 2. The van der Waals surface area contributed by atoms with Crippen LogP contribution >= 0.6 is 11.3 Å². The summed E-state index contributed by atoms with van der Waals surface area (Å²) >= 11 is 1.80. The Hall–Kier alpha value is -2.65. The first-order chi connectivity index (χ1) is 13.8. The van der Waals surface area contributed by atoms with Crippen LogP contribution in [0, 0.1) is 6.92 Å². The largest absolute Gasteiger partial charge is 0.488 e. The molecular formula is C25H23NOS. The zero-order valence-electron chi connectivity index (χ0n) is 16.1. The Morgan fingerprint density at radius 3 is 2.71 bits per heavy atom. The summed E-state index contributed by atoms with van der Waals surface area (Å²) in [6, 6.07) is 19.5. The molecule has 0 saturated carbocycles. The summed E-state index contributed by atoms with van der Waals surface area (Å²) < 4.78 is 7.57. The van der Waals surface area contributed by atoms with Crippen LogP contribution in [0.15, 0.2) is 60.0 Å². The van der Waals surface area contributed by atoms with Crippen molar-refractivity contribution in [2.24, 2.45) is 0 Å². The molecular weight excluding hydrogens is 362 g/mol. The Bertz CT molecular complexity index is 1130. The van der Waals surface area contributed by atoms with Gasteiger partial charge in [0.25, 0.3) is 0 Å².